The molecule has 11 nitrogen and oxygen atoms in total. The van der Waals surface area contributed by atoms with E-state index in [-0.39, 0.29) is 51.0 Å². The molecule has 0 spiro atoms. The maximum absolute atomic E-state index is 15.5. The number of benzene rings is 2. The molecule has 3 aliphatic rings. The zero-order chi connectivity index (χ0) is 35.3. The number of carbonyl (C=O) groups is 3. The molecule has 5 heterocycles. The topological polar surface area (TPSA) is 105 Å². The van der Waals surface area contributed by atoms with Crippen molar-refractivity contribution in [2.24, 2.45) is 13.0 Å². The van der Waals surface area contributed by atoms with Crippen LogP contribution in [0.3, 0.4) is 0 Å². The zero-order valence-electron chi connectivity index (χ0n) is 28.4. The molecule has 2 aromatic carbocycles. The van der Waals surface area contributed by atoms with Gasteiger partial charge in [-0.05, 0) is 37.1 Å². The molecule has 3 amide bonds. The van der Waals surface area contributed by atoms with Gasteiger partial charge in [-0.3, -0.25) is 19.1 Å². The number of anilines is 1. The maximum atomic E-state index is 15.5. The van der Waals surface area contributed by atoms with Gasteiger partial charge >= 0.3 is 0 Å². The van der Waals surface area contributed by atoms with Crippen LogP contribution in [0, 0.1) is 17.6 Å². The molecule has 4 aromatic rings. The van der Waals surface area contributed by atoms with Crippen LogP contribution in [0.4, 0.5) is 14.5 Å². The van der Waals surface area contributed by atoms with E-state index in [1.54, 1.807) is 30.3 Å². The molecule has 7 rings (SSSR count). The second-order valence-electron chi connectivity index (χ2n) is 14.1. The first-order chi connectivity index (χ1) is 23.9. The Kier molecular flexibility index (Phi) is 8.97. The molecule has 0 bridgehead atoms. The Morgan fingerprint density at radius 3 is 2.30 bits per heavy atom. The number of hydrogen-bond acceptors (Lipinski definition) is 5. The van der Waals surface area contributed by atoms with Gasteiger partial charge in [0, 0.05) is 86.6 Å². The van der Waals surface area contributed by atoms with Gasteiger partial charge in [-0.2, -0.15) is 5.10 Å². The fourth-order valence-electron chi connectivity index (χ4n) is 7.34. The van der Waals surface area contributed by atoms with Crippen LogP contribution in [-0.2, 0) is 24.8 Å². The third kappa shape index (κ3) is 6.28. The van der Waals surface area contributed by atoms with Gasteiger partial charge < -0.3 is 24.2 Å². The lowest BCUT2D eigenvalue weighted by Gasteiger charge is -2.40. The molecule has 1 N–H and O–H groups in total. The van der Waals surface area contributed by atoms with Crippen molar-refractivity contribution in [3.63, 3.8) is 0 Å². The minimum atomic E-state index is -1.04. The molecule has 2 fully saturated rings. The zero-order valence-corrected chi connectivity index (χ0v) is 29.1. The molecule has 3 aliphatic heterocycles. The smallest absolute Gasteiger partial charge is 0.291 e. The number of hydrogen-bond donors (Lipinski definition) is 1. The molecule has 14 heteroatoms. The minimum Gasteiger partial charge on any atom is -0.339 e. The summed E-state index contributed by atoms with van der Waals surface area (Å²) in [6.07, 6.45) is 6.31. The van der Waals surface area contributed by atoms with E-state index in [4.69, 9.17) is 11.6 Å². The molecule has 50 heavy (non-hydrogen) atoms. The first-order valence-corrected chi connectivity index (χ1v) is 17.4. The summed E-state index contributed by atoms with van der Waals surface area (Å²) in [5.41, 5.74) is 2.43. The molecule has 0 saturated carbocycles. The van der Waals surface area contributed by atoms with E-state index in [1.807, 2.05) is 9.58 Å². The number of halogens is 3. The minimum absolute atomic E-state index is 0.0296. The van der Waals surface area contributed by atoms with Gasteiger partial charge in [-0.25, -0.2) is 13.8 Å². The van der Waals surface area contributed by atoms with Crippen molar-refractivity contribution in [2.45, 2.75) is 32.2 Å². The summed E-state index contributed by atoms with van der Waals surface area (Å²) in [6, 6.07) is 7.62. The second kappa shape index (κ2) is 13.3. The predicted octanol–water partition coefficient (Wildman–Crippen LogP) is 4.85. The van der Waals surface area contributed by atoms with Crippen molar-refractivity contribution in [1.82, 2.24) is 29.1 Å². The summed E-state index contributed by atoms with van der Waals surface area (Å²) < 4.78 is 35.0. The lowest BCUT2D eigenvalue weighted by molar-refractivity contribution is -0.895. The third-order valence-electron chi connectivity index (χ3n) is 10.4. The number of rotatable bonds is 6. The number of piperazine rings is 1. The van der Waals surface area contributed by atoms with Gasteiger partial charge in [0.05, 0.1) is 55.9 Å². The molecular formula is C36H40ClF2N8O3+. The number of aromatic nitrogens is 4. The average Bonchev–Trinajstić information content (AvgIpc) is 3.83. The Labute approximate surface area is 294 Å². The number of carbonyl (C=O) groups excluding carboxylic acids is 3. The molecule has 0 unspecified atom stereocenters. The number of amides is 3. The molecule has 0 aliphatic carbocycles. The van der Waals surface area contributed by atoms with Crippen molar-refractivity contribution in [3.05, 3.63) is 76.5 Å². The molecule has 2 saturated heterocycles. The average molecular weight is 706 g/mol. The number of fused-ring (bicyclic) bond motifs is 1. The summed E-state index contributed by atoms with van der Waals surface area (Å²) in [4.78, 5) is 47.5. The fourth-order valence-corrected chi connectivity index (χ4v) is 7.60. The molecule has 0 atom stereocenters. The van der Waals surface area contributed by atoms with Gasteiger partial charge in [0.2, 0.25) is 5.91 Å². The highest BCUT2D eigenvalue weighted by molar-refractivity contribution is 6.34. The van der Waals surface area contributed by atoms with Gasteiger partial charge in [0.1, 0.15) is 0 Å². The van der Waals surface area contributed by atoms with E-state index in [2.05, 4.69) is 29.5 Å². The summed E-state index contributed by atoms with van der Waals surface area (Å²) in [7, 11) is 5.92. The first-order valence-electron chi connectivity index (χ1n) is 17.0. The molecule has 0 radical (unpaired) electrons. The highest BCUT2D eigenvalue weighted by Crippen LogP contribution is 2.35. The van der Waals surface area contributed by atoms with Crippen molar-refractivity contribution in [2.75, 3.05) is 58.7 Å². The summed E-state index contributed by atoms with van der Waals surface area (Å²) in [5, 5.41) is 7.18. The van der Waals surface area contributed by atoms with Crippen LogP contribution >= 0.6 is 11.6 Å². The number of likely N-dealkylation sites (tertiary alicyclic amines) is 1. The monoisotopic (exact) mass is 705 g/mol. The number of piperidine rings is 1. The van der Waals surface area contributed by atoms with E-state index < -0.39 is 17.5 Å². The molecular weight excluding hydrogens is 666 g/mol. The largest absolute Gasteiger partial charge is 0.339 e. The number of nitrogens with zero attached hydrogens (tertiary/aromatic N) is 7. The van der Waals surface area contributed by atoms with Crippen molar-refractivity contribution < 1.29 is 27.6 Å². The van der Waals surface area contributed by atoms with Gasteiger partial charge in [-0.1, -0.05) is 17.7 Å². The Morgan fingerprint density at radius 2 is 1.58 bits per heavy atom. The van der Waals surface area contributed by atoms with Crippen LogP contribution < -0.4 is 5.32 Å². The van der Waals surface area contributed by atoms with E-state index >= 15 is 8.78 Å². The van der Waals surface area contributed by atoms with Crippen LogP contribution in [0.2, 0.25) is 5.02 Å². The van der Waals surface area contributed by atoms with Crippen molar-refractivity contribution in [3.8, 4) is 22.4 Å². The standard InChI is InChI=1S/C36H39ClF2N8O3/c1-43-30(26-9-8-24(31(38)32(26)39)27-20-41-46-12-4-5-29(27)46)21-40-33(43)34(48)42-23-6-7-25(28(37)19-23)36(50)45-15-13-44(14-16-45)35(49)22-10-17-47(2,3)18-11-22/h6-9,19-22H,4-5,10-18H2,1-3H3/p+1. The van der Waals surface area contributed by atoms with E-state index in [1.165, 1.54) is 29.0 Å². The Morgan fingerprint density at radius 1 is 0.900 bits per heavy atom. The highest BCUT2D eigenvalue weighted by Gasteiger charge is 2.35. The highest BCUT2D eigenvalue weighted by atomic mass is 35.5. The van der Waals surface area contributed by atoms with Gasteiger partial charge in [-0.15, -0.1) is 0 Å². The number of quaternary nitrogens is 1. The predicted molar refractivity (Wildman–Crippen MR) is 185 cm³/mol. The van der Waals surface area contributed by atoms with Crippen LogP contribution in [0.5, 0.6) is 0 Å². The quantitative estimate of drug-likeness (QED) is 0.289. The summed E-state index contributed by atoms with van der Waals surface area (Å²) >= 11 is 6.54. The van der Waals surface area contributed by atoms with E-state index in [0.717, 1.165) is 55.5 Å². The van der Waals surface area contributed by atoms with E-state index in [0.29, 0.717) is 37.4 Å². The van der Waals surface area contributed by atoms with Gasteiger partial charge in [0.25, 0.3) is 11.8 Å². The maximum Gasteiger partial charge on any atom is 0.291 e. The van der Waals surface area contributed by atoms with Crippen LogP contribution in [0.1, 0.15) is 45.9 Å². The Balaban J connectivity index is 0.986. The van der Waals surface area contributed by atoms with E-state index in [9.17, 15) is 14.4 Å². The lowest BCUT2D eigenvalue weighted by Crippen LogP contribution is -2.54. The summed E-state index contributed by atoms with van der Waals surface area (Å²) in [5.74, 6) is -2.67. The first kappa shape index (κ1) is 33.9. The Bertz CT molecular complexity index is 1990. The number of nitrogens with one attached hydrogen (secondary N) is 1. The van der Waals surface area contributed by atoms with Crippen molar-refractivity contribution in [1.29, 1.82) is 0 Å². The normalized spacial score (nSPS) is 17.6. The summed E-state index contributed by atoms with van der Waals surface area (Å²) in [6.45, 7) is 4.50. The van der Waals surface area contributed by atoms with Crippen LogP contribution in [-0.4, -0.2) is 105 Å². The van der Waals surface area contributed by atoms with Crippen LogP contribution in [0.15, 0.2) is 42.7 Å². The fraction of sp³-hybridized carbons (Fsp3) is 0.417. The van der Waals surface area contributed by atoms with Gasteiger partial charge in [0.15, 0.2) is 17.5 Å². The van der Waals surface area contributed by atoms with Crippen molar-refractivity contribution >= 4 is 35.0 Å². The molecule has 2 aromatic heterocycles. The number of aryl methyl sites for hydroxylation is 1. The number of imidazole rings is 1. The third-order valence-corrected chi connectivity index (χ3v) is 10.7. The SMILES string of the molecule is Cn1c(-c2ccc(-c3cnn4c3CCC4)c(F)c2F)cnc1C(=O)Nc1ccc(C(=O)N2CCN(C(=O)C3CC[N+](C)(C)CC3)CC2)c(Cl)c1. The second-order valence-corrected chi connectivity index (χ2v) is 14.5. The Hall–Kier alpha value is -4.62. The lowest BCUT2D eigenvalue weighted by atomic mass is 9.94. The molecule has 262 valence electrons. The van der Waals surface area contributed by atoms with Crippen LogP contribution in [0.25, 0.3) is 22.4 Å².